The highest BCUT2D eigenvalue weighted by Gasteiger charge is 2.21. The zero-order chi connectivity index (χ0) is 14.3. The lowest BCUT2D eigenvalue weighted by molar-refractivity contribution is -0.123. The number of hydrogen-bond acceptors (Lipinski definition) is 2. The first-order valence-electron chi connectivity index (χ1n) is 6.97. The van der Waals surface area contributed by atoms with Crippen molar-refractivity contribution in [1.29, 1.82) is 0 Å². The smallest absolute Gasteiger partial charge is 0.312 e. The maximum atomic E-state index is 12.1. The van der Waals surface area contributed by atoms with Crippen LogP contribution < -0.4 is 16.4 Å². The van der Waals surface area contributed by atoms with E-state index in [4.69, 9.17) is 5.73 Å². The van der Waals surface area contributed by atoms with Crippen LogP contribution in [0.5, 0.6) is 0 Å². The van der Waals surface area contributed by atoms with Gasteiger partial charge in [0, 0.05) is 6.54 Å². The number of primary amides is 1. The van der Waals surface area contributed by atoms with E-state index in [1.165, 1.54) is 0 Å². The van der Waals surface area contributed by atoms with Crippen LogP contribution in [0.4, 0.5) is 4.79 Å². The second-order valence-electron chi connectivity index (χ2n) is 5.59. The van der Waals surface area contributed by atoms with Crippen molar-refractivity contribution >= 4 is 11.9 Å². The molecule has 0 fully saturated rings. The summed E-state index contributed by atoms with van der Waals surface area (Å²) in [5.41, 5.74) is 5.11. The number of hydrogen-bond donors (Lipinski definition) is 3. The summed E-state index contributed by atoms with van der Waals surface area (Å²) in [6.07, 6.45) is 8.13. The Labute approximate surface area is 115 Å². The van der Waals surface area contributed by atoms with Crippen molar-refractivity contribution in [1.82, 2.24) is 10.6 Å². The summed E-state index contributed by atoms with van der Waals surface area (Å²) in [6, 6.07) is -1.18. The van der Waals surface area contributed by atoms with Gasteiger partial charge in [-0.1, -0.05) is 26.0 Å². The van der Waals surface area contributed by atoms with Crippen molar-refractivity contribution in [3.05, 3.63) is 12.2 Å². The van der Waals surface area contributed by atoms with Gasteiger partial charge in [0.2, 0.25) is 5.91 Å². The van der Waals surface area contributed by atoms with Gasteiger partial charge in [-0.15, -0.1) is 0 Å². The van der Waals surface area contributed by atoms with E-state index in [1.54, 1.807) is 0 Å². The third-order valence-corrected chi connectivity index (χ3v) is 3.28. The van der Waals surface area contributed by atoms with Gasteiger partial charge in [-0.05, 0) is 37.5 Å². The molecule has 0 saturated carbocycles. The summed E-state index contributed by atoms with van der Waals surface area (Å²) in [5.74, 6) is 0.685. The molecule has 0 aromatic heterocycles. The molecule has 19 heavy (non-hydrogen) atoms. The van der Waals surface area contributed by atoms with Gasteiger partial charge in [-0.2, -0.15) is 0 Å². The first kappa shape index (κ1) is 15.5. The minimum Gasteiger partial charge on any atom is -0.354 e. The van der Waals surface area contributed by atoms with Crippen molar-refractivity contribution < 1.29 is 9.59 Å². The highest BCUT2D eigenvalue weighted by Crippen LogP contribution is 2.17. The molecule has 1 aliphatic carbocycles. The van der Waals surface area contributed by atoms with Crippen molar-refractivity contribution in [2.45, 2.75) is 45.6 Å². The number of amides is 3. The van der Waals surface area contributed by atoms with Gasteiger partial charge in [-0.3, -0.25) is 4.79 Å². The zero-order valence-electron chi connectivity index (χ0n) is 11.8. The van der Waals surface area contributed by atoms with E-state index in [2.05, 4.69) is 22.8 Å². The van der Waals surface area contributed by atoms with Crippen molar-refractivity contribution in [3.8, 4) is 0 Å². The summed E-state index contributed by atoms with van der Waals surface area (Å²) >= 11 is 0. The molecule has 0 saturated heterocycles. The summed E-state index contributed by atoms with van der Waals surface area (Å²) in [5, 5.41) is 5.43. The molecular formula is C14H25N3O2. The number of rotatable bonds is 6. The van der Waals surface area contributed by atoms with Gasteiger partial charge >= 0.3 is 6.03 Å². The highest BCUT2D eigenvalue weighted by atomic mass is 16.2. The predicted octanol–water partition coefficient (Wildman–Crippen LogP) is 1.54. The first-order chi connectivity index (χ1) is 8.99. The molecule has 0 radical (unpaired) electrons. The molecule has 1 rings (SSSR count). The molecule has 0 heterocycles. The molecule has 0 aromatic carbocycles. The summed E-state index contributed by atoms with van der Waals surface area (Å²) < 4.78 is 0. The second-order valence-corrected chi connectivity index (χ2v) is 5.59. The molecule has 5 nitrogen and oxygen atoms in total. The van der Waals surface area contributed by atoms with Crippen LogP contribution in [0.3, 0.4) is 0 Å². The largest absolute Gasteiger partial charge is 0.354 e. The van der Waals surface area contributed by atoms with Gasteiger partial charge in [0.25, 0.3) is 0 Å². The van der Waals surface area contributed by atoms with E-state index in [1.807, 2.05) is 13.8 Å². The van der Waals surface area contributed by atoms with Gasteiger partial charge in [0.05, 0.1) is 0 Å². The van der Waals surface area contributed by atoms with Crippen LogP contribution in [-0.4, -0.2) is 24.5 Å². The van der Waals surface area contributed by atoms with Crippen molar-refractivity contribution in [3.63, 3.8) is 0 Å². The fourth-order valence-electron chi connectivity index (χ4n) is 2.28. The van der Waals surface area contributed by atoms with Crippen LogP contribution in [0, 0.1) is 11.8 Å². The lowest BCUT2D eigenvalue weighted by Crippen LogP contribution is -2.50. The minimum absolute atomic E-state index is 0.137. The van der Waals surface area contributed by atoms with E-state index >= 15 is 0 Å². The van der Waals surface area contributed by atoms with Crippen LogP contribution in [0.1, 0.15) is 39.5 Å². The fourth-order valence-corrected chi connectivity index (χ4v) is 2.28. The molecule has 2 unspecified atom stereocenters. The predicted molar refractivity (Wildman–Crippen MR) is 75.5 cm³/mol. The Balaban J connectivity index is 2.41. The molecule has 0 bridgehead atoms. The highest BCUT2D eigenvalue weighted by molar-refractivity contribution is 5.86. The van der Waals surface area contributed by atoms with Gasteiger partial charge < -0.3 is 16.4 Å². The number of nitrogens with one attached hydrogen (secondary N) is 2. The Morgan fingerprint density at radius 1 is 1.37 bits per heavy atom. The molecule has 0 spiro atoms. The average molecular weight is 267 g/mol. The fraction of sp³-hybridized carbons (Fsp3) is 0.714. The third-order valence-electron chi connectivity index (χ3n) is 3.28. The van der Waals surface area contributed by atoms with Crippen molar-refractivity contribution in [2.24, 2.45) is 17.6 Å². The molecule has 5 heteroatoms. The summed E-state index contributed by atoms with van der Waals surface area (Å²) in [7, 11) is 0. The van der Waals surface area contributed by atoms with E-state index in [0.29, 0.717) is 24.8 Å². The molecule has 3 amide bonds. The SMILES string of the molecule is CC(C)CC(NC(N)=O)C(=O)NCC1CC=CCC1. The van der Waals surface area contributed by atoms with Crippen LogP contribution in [0.15, 0.2) is 12.2 Å². The van der Waals surface area contributed by atoms with Crippen LogP contribution in [-0.2, 0) is 4.79 Å². The Hall–Kier alpha value is -1.52. The molecule has 1 aliphatic rings. The van der Waals surface area contributed by atoms with Crippen LogP contribution in [0.25, 0.3) is 0 Å². The summed E-state index contributed by atoms with van der Waals surface area (Å²) in [4.78, 5) is 23.0. The summed E-state index contributed by atoms with van der Waals surface area (Å²) in [6.45, 7) is 4.68. The quantitative estimate of drug-likeness (QED) is 0.638. The third kappa shape index (κ3) is 6.27. The van der Waals surface area contributed by atoms with E-state index < -0.39 is 12.1 Å². The van der Waals surface area contributed by atoms with Crippen molar-refractivity contribution in [2.75, 3.05) is 6.54 Å². The number of allylic oxidation sites excluding steroid dienone is 2. The molecule has 2 atom stereocenters. The molecule has 4 N–H and O–H groups in total. The monoisotopic (exact) mass is 267 g/mol. The molecular weight excluding hydrogens is 242 g/mol. The lowest BCUT2D eigenvalue weighted by Gasteiger charge is -2.22. The number of carbonyl (C=O) groups is 2. The first-order valence-corrected chi connectivity index (χ1v) is 6.97. The average Bonchev–Trinajstić information content (AvgIpc) is 2.35. The van der Waals surface area contributed by atoms with Crippen LogP contribution >= 0.6 is 0 Å². The van der Waals surface area contributed by atoms with E-state index in [0.717, 1.165) is 19.3 Å². The Kier molecular flexibility index (Phi) is 6.39. The number of nitrogens with two attached hydrogens (primary N) is 1. The number of urea groups is 1. The van der Waals surface area contributed by atoms with Crippen LogP contribution in [0.2, 0.25) is 0 Å². The molecule has 0 aromatic rings. The topological polar surface area (TPSA) is 84.2 Å². The van der Waals surface area contributed by atoms with E-state index in [-0.39, 0.29) is 5.91 Å². The Bertz CT molecular complexity index is 340. The lowest BCUT2D eigenvalue weighted by atomic mass is 9.94. The normalized spacial score (nSPS) is 20.1. The maximum absolute atomic E-state index is 12.1. The molecule has 108 valence electrons. The zero-order valence-corrected chi connectivity index (χ0v) is 11.8. The molecule has 0 aliphatic heterocycles. The van der Waals surface area contributed by atoms with Gasteiger partial charge in [0.15, 0.2) is 0 Å². The maximum Gasteiger partial charge on any atom is 0.312 e. The second kappa shape index (κ2) is 7.81. The van der Waals surface area contributed by atoms with Gasteiger partial charge in [0.1, 0.15) is 6.04 Å². The van der Waals surface area contributed by atoms with Gasteiger partial charge in [-0.25, -0.2) is 4.79 Å². The standard InChI is InChI=1S/C14H25N3O2/c1-10(2)8-12(17-14(15)19)13(18)16-9-11-6-4-3-5-7-11/h3-4,10-12H,5-9H2,1-2H3,(H,16,18)(H3,15,17,19). The minimum atomic E-state index is -0.651. The Morgan fingerprint density at radius 3 is 2.63 bits per heavy atom. The Morgan fingerprint density at radius 2 is 2.11 bits per heavy atom. The van der Waals surface area contributed by atoms with E-state index in [9.17, 15) is 9.59 Å². The number of carbonyl (C=O) groups excluding carboxylic acids is 2.